The number of nitrogens with one attached hydrogen (secondary N) is 1. The summed E-state index contributed by atoms with van der Waals surface area (Å²) in [5.74, 6) is 0. The summed E-state index contributed by atoms with van der Waals surface area (Å²) in [4.78, 5) is 28.3. The fraction of sp³-hybridized carbons (Fsp3) is 0.333. The number of H-pyrrole nitrogens is 1. The average Bonchev–Trinajstić information content (AvgIpc) is 2.29. The molecule has 0 aliphatic carbocycles. The molecule has 0 radical (unpaired) electrons. The van der Waals surface area contributed by atoms with E-state index < -0.39 is 0 Å². The Labute approximate surface area is 98.3 Å². The number of hydrogen-bond acceptors (Lipinski definition) is 3. The van der Waals surface area contributed by atoms with Crippen molar-refractivity contribution in [1.82, 2.24) is 9.55 Å². The molecule has 0 spiro atoms. The van der Waals surface area contributed by atoms with E-state index in [9.17, 15) is 9.59 Å². The number of aromatic nitrogens is 2. The normalized spacial score (nSPS) is 10.8. The number of rotatable bonds is 2. The number of nitrogens with zero attached hydrogens (tertiary/aromatic N) is 2. The van der Waals surface area contributed by atoms with Crippen molar-refractivity contribution in [3.63, 3.8) is 0 Å². The molecule has 1 N–H and O–H groups in total. The van der Waals surface area contributed by atoms with E-state index in [2.05, 4.69) is 4.98 Å². The minimum atomic E-state index is -0.359. The third-order valence-corrected chi connectivity index (χ3v) is 2.80. The predicted molar refractivity (Wildman–Crippen MR) is 68.8 cm³/mol. The van der Waals surface area contributed by atoms with Crippen LogP contribution in [-0.2, 0) is 6.54 Å². The molecule has 0 atom stereocenters. The zero-order valence-corrected chi connectivity index (χ0v) is 10.2. The Morgan fingerprint density at radius 2 is 2.00 bits per heavy atom. The van der Waals surface area contributed by atoms with Crippen molar-refractivity contribution in [2.45, 2.75) is 13.5 Å². The lowest BCUT2D eigenvalue weighted by Crippen LogP contribution is -2.34. The topological polar surface area (TPSA) is 58.1 Å². The largest absolute Gasteiger partial charge is 0.378 e. The summed E-state index contributed by atoms with van der Waals surface area (Å²) in [6, 6.07) is 5.42. The molecule has 0 aliphatic rings. The molecule has 0 bridgehead atoms. The van der Waals surface area contributed by atoms with Gasteiger partial charge in [-0.2, -0.15) is 0 Å². The van der Waals surface area contributed by atoms with Gasteiger partial charge < -0.3 is 9.88 Å². The first kappa shape index (κ1) is 11.4. The summed E-state index contributed by atoms with van der Waals surface area (Å²) in [5.41, 5.74) is 0.914. The van der Waals surface area contributed by atoms with Crippen LogP contribution in [0.2, 0.25) is 0 Å². The number of anilines is 1. The molecule has 0 saturated heterocycles. The Kier molecular flexibility index (Phi) is 2.75. The van der Waals surface area contributed by atoms with E-state index in [-0.39, 0.29) is 11.2 Å². The second-order valence-electron chi connectivity index (χ2n) is 4.10. The molecule has 0 unspecified atom stereocenters. The third-order valence-electron chi connectivity index (χ3n) is 2.80. The van der Waals surface area contributed by atoms with E-state index in [1.807, 2.05) is 25.1 Å². The van der Waals surface area contributed by atoms with Crippen LogP contribution in [0.4, 0.5) is 5.69 Å². The Balaban J connectivity index is 2.85. The van der Waals surface area contributed by atoms with Crippen LogP contribution in [0.3, 0.4) is 0 Å². The molecule has 5 nitrogen and oxygen atoms in total. The Morgan fingerprint density at radius 1 is 1.29 bits per heavy atom. The van der Waals surface area contributed by atoms with E-state index in [0.717, 1.165) is 5.69 Å². The second kappa shape index (κ2) is 4.08. The summed E-state index contributed by atoms with van der Waals surface area (Å²) in [6.45, 7) is 2.15. The maximum absolute atomic E-state index is 12.1. The quantitative estimate of drug-likeness (QED) is 0.833. The third kappa shape index (κ3) is 1.84. The SMILES string of the molecule is CCn1c(=O)[nH]c2ccc(N(C)C)cc2c1=O. The van der Waals surface area contributed by atoms with Gasteiger partial charge >= 0.3 is 5.69 Å². The van der Waals surface area contributed by atoms with Gasteiger partial charge in [0.15, 0.2) is 0 Å². The van der Waals surface area contributed by atoms with Gasteiger partial charge in [-0.15, -0.1) is 0 Å². The van der Waals surface area contributed by atoms with E-state index >= 15 is 0 Å². The molecule has 1 heterocycles. The molecule has 0 aliphatic heterocycles. The van der Waals surface area contributed by atoms with Crippen LogP contribution in [0.25, 0.3) is 10.9 Å². The molecule has 5 heteroatoms. The van der Waals surface area contributed by atoms with Crippen molar-refractivity contribution >= 4 is 16.6 Å². The van der Waals surface area contributed by atoms with Crippen LogP contribution in [0.5, 0.6) is 0 Å². The van der Waals surface area contributed by atoms with Crippen molar-refractivity contribution < 1.29 is 0 Å². The lowest BCUT2D eigenvalue weighted by atomic mass is 10.2. The molecule has 1 aromatic heterocycles. The minimum Gasteiger partial charge on any atom is -0.378 e. The lowest BCUT2D eigenvalue weighted by Gasteiger charge is -2.13. The summed E-state index contributed by atoms with van der Waals surface area (Å²) >= 11 is 0. The highest BCUT2D eigenvalue weighted by molar-refractivity contribution is 5.81. The molecule has 17 heavy (non-hydrogen) atoms. The van der Waals surface area contributed by atoms with Crippen LogP contribution < -0.4 is 16.1 Å². The molecule has 2 rings (SSSR count). The highest BCUT2D eigenvalue weighted by Gasteiger charge is 2.07. The first-order chi connectivity index (χ1) is 8.04. The average molecular weight is 233 g/mol. The molecule has 1 aromatic carbocycles. The van der Waals surface area contributed by atoms with Crippen molar-refractivity contribution in [1.29, 1.82) is 0 Å². The maximum Gasteiger partial charge on any atom is 0.328 e. The van der Waals surface area contributed by atoms with Gasteiger partial charge in [-0.25, -0.2) is 4.79 Å². The molecular weight excluding hydrogens is 218 g/mol. The number of aromatic amines is 1. The minimum absolute atomic E-state index is 0.241. The van der Waals surface area contributed by atoms with Crippen molar-refractivity contribution in [2.24, 2.45) is 0 Å². The van der Waals surface area contributed by atoms with Crippen LogP contribution in [0.15, 0.2) is 27.8 Å². The fourth-order valence-corrected chi connectivity index (χ4v) is 1.80. The summed E-state index contributed by atoms with van der Waals surface area (Å²) in [6.07, 6.45) is 0. The van der Waals surface area contributed by atoms with Crippen LogP contribution in [0, 0.1) is 0 Å². The van der Waals surface area contributed by atoms with Crippen LogP contribution >= 0.6 is 0 Å². The van der Waals surface area contributed by atoms with Crippen molar-refractivity contribution in [3.05, 3.63) is 39.0 Å². The highest BCUT2D eigenvalue weighted by Crippen LogP contribution is 2.15. The Bertz CT molecular complexity index is 667. The Morgan fingerprint density at radius 3 is 2.59 bits per heavy atom. The second-order valence-corrected chi connectivity index (χ2v) is 4.10. The van der Waals surface area contributed by atoms with E-state index in [1.165, 1.54) is 4.57 Å². The molecule has 90 valence electrons. The maximum atomic E-state index is 12.1. The summed E-state index contributed by atoms with van der Waals surface area (Å²) < 4.78 is 1.20. The molecule has 0 saturated carbocycles. The van der Waals surface area contributed by atoms with Gasteiger partial charge in [-0.05, 0) is 25.1 Å². The molecular formula is C12H15N3O2. The number of benzene rings is 1. The van der Waals surface area contributed by atoms with Gasteiger partial charge in [0.2, 0.25) is 0 Å². The Hall–Kier alpha value is -2.04. The molecule has 0 amide bonds. The zero-order chi connectivity index (χ0) is 12.6. The first-order valence-electron chi connectivity index (χ1n) is 5.48. The standard InChI is InChI=1S/C12H15N3O2/c1-4-15-11(16)9-7-8(14(2)3)5-6-10(9)13-12(15)17/h5-7H,4H2,1-3H3,(H,13,17). The zero-order valence-electron chi connectivity index (χ0n) is 10.2. The smallest absolute Gasteiger partial charge is 0.328 e. The van der Waals surface area contributed by atoms with Gasteiger partial charge in [-0.3, -0.25) is 9.36 Å². The molecule has 2 aromatic rings. The number of hydrogen-bond donors (Lipinski definition) is 1. The monoisotopic (exact) mass is 233 g/mol. The van der Waals surface area contributed by atoms with Crippen molar-refractivity contribution in [2.75, 3.05) is 19.0 Å². The first-order valence-corrected chi connectivity index (χ1v) is 5.48. The van der Waals surface area contributed by atoms with E-state index in [1.54, 1.807) is 19.1 Å². The van der Waals surface area contributed by atoms with Crippen molar-refractivity contribution in [3.8, 4) is 0 Å². The van der Waals surface area contributed by atoms with E-state index in [4.69, 9.17) is 0 Å². The summed E-state index contributed by atoms with van der Waals surface area (Å²) in [5, 5.41) is 0.539. The fourth-order valence-electron chi connectivity index (χ4n) is 1.80. The van der Waals surface area contributed by atoms with Crippen LogP contribution in [-0.4, -0.2) is 23.6 Å². The van der Waals surface area contributed by atoms with Gasteiger partial charge in [0.05, 0.1) is 10.9 Å². The van der Waals surface area contributed by atoms with Gasteiger partial charge in [0, 0.05) is 26.3 Å². The van der Waals surface area contributed by atoms with Gasteiger partial charge in [0.25, 0.3) is 5.56 Å². The van der Waals surface area contributed by atoms with Gasteiger partial charge in [0.1, 0.15) is 0 Å². The molecule has 0 fully saturated rings. The highest BCUT2D eigenvalue weighted by atomic mass is 16.2. The van der Waals surface area contributed by atoms with E-state index in [0.29, 0.717) is 17.4 Å². The summed E-state index contributed by atoms with van der Waals surface area (Å²) in [7, 11) is 3.82. The number of fused-ring (bicyclic) bond motifs is 1. The predicted octanol–water partition coefficient (Wildman–Crippen LogP) is 0.776. The lowest BCUT2D eigenvalue weighted by molar-refractivity contribution is 0.684. The van der Waals surface area contributed by atoms with Crippen LogP contribution in [0.1, 0.15) is 6.92 Å². The van der Waals surface area contributed by atoms with Gasteiger partial charge in [-0.1, -0.05) is 0 Å².